The van der Waals surface area contributed by atoms with E-state index in [1.54, 1.807) is 7.11 Å². The van der Waals surface area contributed by atoms with E-state index < -0.39 is 0 Å². The van der Waals surface area contributed by atoms with Crippen LogP contribution in [0, 0.1) is 0 Å². The van der Waals surface area contributed by atoms with Crippen LogP contribution in [0.5, 0.6) is 5.75 Å². The summed E-state index contributed by atoms with van der Waals surface area (Å²) in [5.41, 5.74) is 0.588. The van der Waals surface area contributed by atoms with Gasteiger partial charge in [0, 0.05) is 17.6 Å². The van der Waals surface area contributed by atoms with Gasteiger partial charge in [-0.15, -0.1) is 0 Å². The number of nitrogens with zero attached hydrogens (tertiary/aromatic N) is 1. The molecular weight excluding hydrogens is 226 g/mol. The highest BCUT2D eigenvalue weighted by Gasteiger charge is 2.28. The Balaban J connectivity index is 2.96. The maximum atomic E-state index is 12.5. The molecule has 1 amide bonds. The number of ether oxygens (including phenoxy) is 1. The van der Waals surface area contributed by atoms with Crippen molar-refractivity contribution < 1.29 is 9.53 Å². The Kier molecular flexibility index (Phi) is 4.76. The SMILES string of the molecule is CCN(C(=O)c1ccc(OC)cc1)C(C)(C)CC. The van der Waals surface area contributed by atoms with E-state index >= 15 is 0 Å². The molecule has 0 aliphatic carbocycles. The lowest BCUT2D eigenvalue weighted by Gasteiger charge is -2.37. The van der Waals surface area contributed by atoms with Crippen LogP contribution >= 0.6 is 0 Å². The Hall–Kier alpha value is -1.51. The molecule has 0 saturated carbocycles. The predicted molar refractivity (Wildman–Crippen MR) is 74.1 cm³/mol. The molecule has 0 aliphatic heterocycles. The topological polar surface area (TPSA) is 29.5 Å². The normalized spacial score (nSPS) is 11.2. The van der Waals surface area contributed by atoms with Gasteiger partial charge in [-0.3, -0.25) is 4.79 Å². The molecular formula is C15H23NO2. The number of rotatable bonds is 5. The Labute approximate surface area is 110 Å². The first kappa shape index (κ1) is 14.6. The Morgan fingerprint density at radius 2 is 1.78 bits per heavy atom. The summed E-state index contributed by atoms with van der Waals surface area (Å²) in [5, 5.41) is 0. The average Bonchev–Trinajstić information content (AvgIpc) is 2.39. The zero-order valence-corrected chi connectivity index (χ0v) is 12.0. The minimum absolute atomic E-state index is 0.0759. The first-order valence-electron chi connectivity index (χ1n) is 6.42. The average molecular weight is 249 g/mol. The van der Waals surface area contributed by atoms with Gasteiger partial charge in [0.2, 0.25) is 0 Å². The molecule has 0 heterocycles. The molecule has 0 atom stereocenters. The lowest BCUT2D eigenvalue weighted by Crippen LogP contribution is -2.47. The van der Waals surface area contributed by atoms with E-state index in [4.69, 9.17) is 4.74 Å². The van der Waals surface area contributed by atoms with Crippen molar-refractivity contribution in [1.82, 2.24) is 4.90 Å². The highest BCUT2D eigenvalue weighted by molar-refractivity contribution is 5.94. The standard InChI is InChI=1S/C15H23NO2/c1-6-15(3,4)16(7-2)14(17)12-8-10-13(18-5)11-9-12/h8-11H,6-7H2,1-5H3. The maximum Gasteiger partial charge on any atom is 0.254 e. The van der Waals surface area contributed by atoms with E-state index in [9.17, 15) is 4.79 Å². The fraction of sp³-hybridized carbons (Fsp3) is 0.533. The summed E-state index contributed by atoms with van der Waals surface area (Å²) in [6.45, 7) is 9.02. The molecule has 1 rings (SSSR count). The third-order valence-corrected chi connectivity index (χ3v) is 3.49. The third-order valence-electron chi connectivity index (χ3n) is 3.49. The first-order valence-corrected chi connectivity index (χ1v) is 6.42. The number of carbonyl (C=O) groups excluding carboxylic acids is 1. The number of amides is 1. The third kappa shape index (κ3) is 3.03. The summed E-state index contributed by atoms with van der Waals surface area (Å²) in [7, 11) is 1.62. The van der Waals surface area contributed by atoms with Crippen LogP contribution in [0.4, 0.5) is 0 Å². The monoisotopic (exact) mass is 249 g/mol. The largest absolute Gasteiger partial charge is 0.497 e. The van der Waals surface area contributed by atoms with Crippen LogP contribution in [0.3, 0.4) is 0 Å². The summed E-state index contributed by atoms with van der Waals surface area (Å²) in [6, 6.07) is 7.27. The molecule has 0 aliphatic rings. The van der Waals surface area contributed by atoms with Crippen molar-refractivity contribution in [2.75, 3.05) is 13.7 Å². The summed E-state index contributed by atoms with van der Waals surface area (Å²) < 4.78 is 5.10. The number of benzene rings is 1. The van der Waals surface area contributed by atoms with Crippen LogP contribution in [0.25, 0.3) is 0 Å². The van der Waals surface area contributed by atoms with Gasteiger partial charge in [0.25, 0.3) is 5.91 Å². The molecule has 0 unspecified atom stereocenters. The molecule has 18 heavy (non-hydrogen) atoms. The molecule has 3 nitrogen and oxygen atoms in total. The first-order chi connectivity index (χ1) is 8.46. The fourth-order valence-electron chi connectivity index (χ4n) is 1.93. The molecule has 0 saturated heterocycles. The molecule has 0 fully saturated rings. The Bertz CT molecular complexity index is 395. The van der Waals surface area contributed by atoms with Crippen molar-refractivity contribution in [3.05, 3.63) is 29.8 Å². The minimum atomic E-state index is -0.119. The van der Waals surface area contributed by atoms with Gasteiger partial charge in [0.05, 0.1) is 7.11 Å². The van der Waals surface area contributed by atoms with E-state index in [0.29, 0.717) is 12.1 Å². The molecule has 0 N–H and O–H groups in total. The molecule has 0 bridgehead atoms. The summed E-state index contributed by atoms with van der Waals surface area (Å²) in [4.78, 5) is 14.4. The van der Waals surface area contributed by atoms with Gasteiger partial charge in [-0.1, -0.05) is 6.92 Å². The van der Waals surface area contributed by atoms with Crippen LogP contribution in [-0.4, -0.2) is 30.0 Å². The Morgan fingerprint density at radius 1 is 1.22 bits per heavy atom. The zero-order valence-electron chi connectivity index (χ0n) is 12.0. The van der Waals surface area contributed by atoms with E-state index in [-0.39, 0.29) is 11.4 Å². The number of hydrogen-bond acceptors (Lipinski definition) is 2. The maximum absolute atomic E-state index is 12.5. The van der Waals surface area contributed by atoms with Crippen molar-refractivity contribution in [3.8, 4) is 5.75 Å². The van der Waals surface area contributed by atoms with Crippen LogP contribution < -0.4 is 4.74 Å². The lowest BCUT2D eigenvalue weighted by atomic mass is 9.98. The second-order valence-electron chi connectivity index (χ2n) is 4.94. The van der Waals surface area contributed by atoms with E-state index in [1.165, 1.54) is 0 Å². The number of hydrogen-bond donors (Lipinski definition) is 0. The van der Waals surface area contributed by atoms with Gasteiger partial charge in [0.15, 0.2) is 0 Å². The molecule has 1 aromatic carbocycles. The van der Waals surface area contributed by atoms with Crippen LogP contribution in [0.1, 0.15) is 44.5 Å². The van der Waals surface area contributed by atoms with Gasteiger partial charge in [-0.05, 0) is 51.5 Å². The summed E-state index contributed by atoms with van der Waals surface area (Å²) in [6.07, 6.45) is 0.933. The van der Waals surface area contributed by atoms with Crippen molar-refractivity contribution in [2.45, 2.75) is 39.7 Å². The van der Waals surface area contributed by atoms with Crippen molar-refractivity contribution in [1.29, 1.82) is 0 Å². The minimum Gasteiger partial charge on any atom is -0.497 e. The second-order valence-corrected chi connectivity index (χ2v) is 4.94. The van der Waals surface area contributed by atoms with Crippen molar-refractivity contribution in [2.24, 2.45) is 0 Å². The molecule has 0 aromatic heterocycles. The second kappa shape index (κ2) is 5.89. The quantitative estimate of drug-likeness (QED) is 0.801. The van der Waals surface area contributed by atoms with Gasteiger partial charge < -0.3 is 9.64 Å². The van der Waals surface area contributed by atoms with E-state index in [1.807, 2.05) is 36.1 Å². The van der Waals surface area contributed by atoms with E-state index in [0.717, 1.165) is 12.2 Å². The lowest BCUT2D eigenvalue weighted by molar-refractivity contribution is 0.0557. The van der Waals surface area contributed by atoms with Crippen LogP contribution in [0.15, 0.2) is 24.3 Å². The van der Waals surface area contributed by atoms with Gasteiger partial charge >= 0.3 is 0 Å². The van der Waals surface area contributed by atoms with Gasteiger partial charge in [0.1, 0.15) is 5.75 Å². The summed E-state index contributed by atoms with van der Waals surface area (Å²) in [5.74, 6) is 0.844. The highest BCUT2D eigenvalue weighted by Crippen LogP contribution is 2.22. The number of methoxy groups -OCH3 is 1. The van der Waals surface area contributed by atoms with Gasteiger partial charge in [-0.2, -0.15) is 0 Å². The molecule has 0 radical (unpaired) electrons. The van der Waals surface area contributed by atoms with Crippen molar-refractivity contribution in [3.63, 3.8) is 0 Å². The van der Waals surface area contributed by atoms with Gasteiger partial charge in [-0.25, -0.2) is 0 Å². The highest BCUT2D eigenvalue weighted by atomic mass is 16.5. The Morgan fingerprint density at radius 3 is 2.17 bits per heavy atom. The summed E-state index contributed by atoms with van der Waals surface area (Å²) >= 11 is 0. The smallest absolute Gasteiger partial charge is 0.254 e. The predicted octanol–water partition coefficient (Wildman–Crippen LogP) is 3.35. The van der Waals surface area contributed by atoms with Crippen LogP contribution in [0.2, 0.25) is 0 Å². The fourth-order valence-corrected chi connectivity index (χ4v) is 1.93. The number of carbonyl (C=O) groups is 1. The molecule has 0 spiro atoms. The molecule has 3 heteroatoms. The molecule has 1 aromatic rings. The molecule has 100 valence electrons. The van der Waals surface area contributed by atoms with Crippen molar-refractivity contribution >= 4 is 5.91 Å². The van der Waals surface area contributed by atoms with Crippen LogP contribution in [-0.2, 0) is 0 Å². The zero-order chi connectivity index (χ0) is 13.8. The van der Waals surface area contributed by atoms with E-state index in [2.05, 4.69) is 20.8 Å².